The Kier molecular flexibility index (Phi) is 5.01. The van der Waals surface area contributed by atoms with Gasteiger partial charge in [0.2, 0.25) is 5.95 Å². The van der Waals surface area contributed by atoms with Crippen LogP contribution in [0.3, 0.4) is 0 Å². The highest BCUT2D eigenvalue weighted by Crippen LogP contribution is 2.33. The smallest absolute Gasteiger partial charge is 0.252 e. The van der Waals surface area contributed by atoms with Crippen molar-refractivity contribution in [2.45, 2.75) is 25.1 Å². The van der Waals surface area contributed by atoms with Gasteiger partial charge in [-0.25, -0.2) is 22.8 Å². The van der Waals surface area contributed by atoms with Gasteiger partial charge in [0, 0.05) is 34.8 Å². The molecular weight excluding hydrogens is 419 g/mol. The highest BCUT2D eigenvalue weighted by molar-refractivity contribution is 7.89. The molecule has 7 nitrogen and oxygen atoms in total. The summed E-state index contributed by atoms with van der Waals surface area (Å²) in [6.07, 6.45) is 2.65. The van der Waals surface area contributed by atoms with E-state index >= 15 is 0 Å². The minimum absolute atomic E-state index is 0.0710. The second-order valence-corrected chi connectivity index (χ2v) is 10.2. The molecule has 31 heavy (non-hydrogen) atoms. The van der Waals surface area contributed by atoms with E-state index in [9.17, 15) is 17.6 Å². The van der Waals surface area contributed by atoms with Gasteiger partial charge in [0.15, 0.2) is 9.84 Å². The van der Waals surface area contributed by atoms with Crippen molar-refractivity contribution in [1.82, 2.24) is 15.3 Å². The number of fused-ring (bicyclic) bond motifs is 1. The molecule has 1 aliphatic rings. The van der Waals surface area contributed by atoms with Gasteiger partial charge in [0.25, 0.3) is 5.91 Å². The van der Waals surface area contributed by atoms with Crippen molar-refractivity contribution in [1.29, 1.82) is 0 Å². The first-order chi connectivity index (χ1) is 14.5. The quantitative estimate of drug-likeness (QED) is 0.629. The summed E-state index contributed by atoms with van der Waals surface area (Å²) in [6.45, 7) is 3.88. The number of anilines is 2. The molecule has 0 fully saturated rings. The minimum atomic E-state index is -3.38. The first-order valence-electron chi connectivity index (χ1n) is 9.55. The summed E-state index contributed by atoms with van der Waals surface area (Å²) in [4.78, 5) is 20.8. The van der Waals surface area contributed by atoms with E-state index in [0.29, 0.717) is 16.9 Å². The van der Waals surface area contributed by atoms with Gasteiger partial charge in [0.1, 0.15) is 5.82 Å². The van der Waals surface area contributed by atoms with Crippen LogP contribution in [0.2, 0.25) is 0 Å². The third-order valence-corrected chi connectivity index (χ3v) is 5.87. The molecule has 2 heterocycles. The maximum atomic E-state index is 14.0. The van der Waals surface area contributed by atoms with Gasteiger partial charge >= 0.3 is 0 Å². The number of carbonyl (C=O) groups excluding carboxylic acids is 1. The van der Waals surface area contributed by atoms with Crippen LogP contribution in [-0.4, -0.2) is 30.5 Å². The van der Waals surface area contributed by atoms with Crippen LogP contribution in [0.4, 0.5) is 16.0 Å². The lowest BCUT2D eigenvalue weighted by Gasteiger charge is -2.19. The molecule has 3 aromatic rings. The van der Waals surface area contributed by atoms with Crippen LogP contribution < -0.4 is 10.6 Å². The average Bonchev–Trinajstić information content (AvgIpc) is 2.92. The summed E-state index contributed by atoms with van der Waals surface area (Å²) in [7, 11) is -3.38. The Morgan fingerprint density at radius 2 is 1.90 bits per heavy atom. The molecule has 9 heteroatoms. The standard InChI is InChI=1S/C22H21FN4O3S/c1-22(2)17-11-13(4-6-16(17)20(28)27-22)19-8-9-24-21(26-19)25-15-5-7-18(23)14(10-15)12-31(3,29)30/h4-11H,12H2,1-3H3,(H,27,28)(H,24,25,26). The maximum absolute atomic E-state index is 14.0. The molecular formula is C22H21FN4O3S. The molecule has 0 bridgehead atoms. The normalized spacial score (nSPS) is 14.8. The third-order valence-electron chi connectivity index (χ3n) is 5.03. The lowest BCUT2D eigenvalue weighted by atomic mass is 9.92. The number of halogens is 1. The van der Waals surface area contributed by atoms with E-state index in [0.717, 1.165) is 17.4 Å². The molecule has 2 N–H and O–H groups in total. The Balaban J connectivity index is 1.64. The average molecular weight is 441 g/mol. The van der Waals surface area contributed by atoms with Gasteiger partial charge < -0.3 is 10.6 Å². The van der Waals surface area contributed by atoms with E-state index in [1.807, 2.05) is 26.0 Å². The van der Waals surface area contributed by atoms with Crippen molar-refractivity contribution in [3.63, 3.8) is 0 Å². The van der Waals surface area contributed by atoms with Gasteiger partial charge in [-0.05, 0) is 55.8 Å². The van der Waals surface area contributed by atoms with E-state index in [4.69, 9.17) is 0 Å². The van der Waals surface area contributed by atoms with E-state index in [1.165, 1.54) is 18.2 Å². The number of hydrogen-bond acceptors (Lipinski definition) is 6. The molecule has 0 unspecified atom stereocenters. The van der Waals surface area contributed by atoms with Gasteiger partial charge in [-0.3, -0.25) is 4.79 Å². The van der Waals surface area contributed by atoms with Crippen LogP contribution in [0.1, 0.15) is 35.3 Å². The Morgan fingerprint density at radius 3 is 2.65 bits per heavy atom. The van der Waals surface area contributed by atoms with Crippen molar-refractivity contribution in [3.8, 4) is 11.3 Å². The number of rotatable bonds is 5. The van der Waals surface area contributed by atoms with Gasteiger partial charge in [0.05, 0.1) is 17.0 Å². The summed E-state index contributed by atoms with van der Waals surface area (Å²) < 4.78 is 37.0. The lowest BCUT2D eigenvalue weighted by molar-refractivity contribution is 0.0940. The third kappa shape index (κ3) is 4.41. The van der Waals surface area contributed by atoms with Crippen LogP contribution in [0.25, 0.3) is 11.3 Å². The highest BCUT2D eigenvalue weighted by Gasteiger charge is 2.35. The highest BCUT2D eigenvalue weighted by atomic mass is 32.2. The summed E-state index contributed by atoms with van der Waals surface area (Å²) in [6, 6.07) is 11.4. The van der Waals surface area contributed by atoms with Crippen molar-refractivity contribution < 1.29 is 17.6 Å². The number of benzene rings is 2. The van der Waals surface area contributed by atoms with Gasteiger partial charge in [-0.1, -0.05) is 6.07 Å². The zero-order chi connectivity index (χ0) is 22.4. The molecule has 1 aromatic heterocycles. The topological polar surface area (TPSA) is 101 Å². The molecule has 0 saturated heterocycles. The lowest BCUT2D eigenvalue weighted by Crippen LogP contribution is -2.32. The number of carbonyl (C=O) groups is 1. The van der Waals surface area contributed by atoms with Crippen molar-refractivity contribution in [2.24, 2.45) is 0 Å². The Morgan fingerprint density at radius 1 is 1.13 bits per heavy atom. The number of amides is 1. The zero-order valence-corrected chi connectivity index (χ0v) is 18.0. The molecule has 1 amide bonds. The first kappa shape index (κ1) is 20.9. The van der Waals surface area contributed by atoms with E-state index in [-0.39, 0.29) is 17.4 Å². The number of sulfone groups is 1. The van der Waals surface area contributed by atoms with Crippen LogP contribution in [0.15, 0.2) is 48.7 Å². The number of nitrogens with zero attached hydrogens (tertiary/aromatic N) is 2. The maximum Gasteiger partial charge on any atom is 0.252 e. The second kappa shape index (κ2) is 7.42. The van der Waals surface area contributed by atoms with Gasteiger partial charge in [-0.15, -0.1) is 0 Å². The molecule has 0 spiro atoms. The summed E-state index contributed by atoms with van der Waals surface area (Å²) >= 11 is 0. The van der Waals surface area contributed by atoms with E-state index in [2.05, 4.69) is 20.6 Å². The molecule has 0 radical (unpaired) electrons. The fourth-order valence-electron chi connectivity index (χ4n) is 3.59. The molecule has 160 valence electrons. The minimum Gasteiger partial charge on any atom is -0.343 e. The Bertz CT molecular complexity index is 1310. The predicted molar refractivity (Wildman–Crippen MR) is 116 cm³/mol. The molecule has 1 aliphatic heterocycles. The van der Waals surface area contributed by atoms with Crippen LogP contribution in [-0.2, 0) is 21.1 Å². The predicted octanol–water partition coefficient (Wildman–Crippen LogP) is 3.55. The summed E-state index contributed by atoms with van der Waals surface area (Å²) in [5, 5.41) is 5.94. The molecule has 4 rings (SSSR count). The fourth-order valence-corrected chi connectivity index (χ4v) is 4.38. The molecule has 0 aliphatic carbocycles. The zero-order valence-electron chi connectivity index (χ0n) is 17.2. The SMILES string of the molecule is CC1(C)NC(=O)c2ccc(-c3ccnc(Nc4ccc(F)c(CS(C)(=O)=O)c4)n3)cc21. The number of nitrogens with one attached hydrogen (secondary N) is 2. The largest absolute Gasteiger partial charge is 0.343 e. The van der Waals surface area contributed by atoms with E-state index in [1.54, 1.807) is 18.3 Å². The van der Waals surface area contributed by atoms with Crippen LogP contribution in [0.5, 0.6) is 0 Å². The Hall–Kier alpha value is -3.33. The first-order valence-corrected chi connectivity index (χ1v) is 11.6. The van der Waals surface area contributed by atoms with E-state index < -0.39 is 26.9 Å². The van der Waals surface area contributed by atoms with Gasteiger partial charge in [-0.2, -0.15) is 0 Å². The summed E-state index contributed by atoms with van der Waals surface area (Å²) in [5.41, 5.74) is 3.09. The molecule has 2 aromatic carbocycles. The summed E-state index contributed by atoms with van der Waals surface area (Å²) in [5.74, 6) is -0.803. The van der Waals surface area contributed by atoms with Crippen molar-refractivity contribution in [2.75, 3.05) is 11.6 Å². The van der Waals surface area contributed by atoms with Crippen LogP contribution >= 0.6 is 0 Å². The number of aromatic nitrogens is 2. The monoisotopic (exact) mass is 440 g/mol. The van der Waals surface area contributed by atoms with Crippen molar-refractivity contribution in [3.05, 3.63) is 71.2 Å². The Labute approximate surface area is 179 Å². The fraction of sp³-hybridized carbons (Fsp3) is 0.227. The van der Waals surface area contributed by atoms with Crippen LogP contribution in [0, 0.1) is 5.82 Å². The number of hydrogen-bond donors (Lipinski definition) is 2. The second-order valence-electron chi connectivity index (χ2n) is 8.11. The molecule has 0 saturated carbocycles. The molecule has 0 atom stereocenters. The van der Waals surface area contributed by atoms with Crippen molar-refractivity contribution >= 4 is 27.4 Å².